The first kappa shape index (κ1) is 13.7. The minimum Gasteiger partial charge on any atom is -0.457 e. The van der Waals surface area contributed by atoms with Crippen LogP contribution in [0.3, 0.4) is 0 Å². The molecule has 1 atom stereocenters. The molecule has 0 N–H and O–H groups in total. The van der Waals surface area contributed by atoms with E-state index < -0.39 is 0 Å². The van der Waals surface area contributed by atoms with Crippen LogP contribution < -0.4 is 4.74 Å². The average Bonchev–Trinajstić information content (AvgIpc) is 2.46. The predicted octanol–water partition coefficient (Wildman–Crippen LogP) is 5.77. The predicted molar refractivity (Wildman–Crippen MR) is 80.9 cm³/mol. The van der Waals surface area contributed by atoms with Gasteiger partial charge in [0.25, 0.3) is 0 Å². The molecule has 100 valence electrons. The van der Waals surface area contributed by atoms with Gasteiger partial charge in [0.15, 0.2) is 0 Å². The molecule has 1 heteroatoms. The molecule has 0 amide bonds. The molecule has 0 aliphatic heterocycles. The van der Waals surface area contributed by atoms with E-state index in [0.29, 0.717) is 5.92 Å². The smallest absolute Gasteiger partial charge is 0.130 e. The molecule has 0 saturated heterocycles. The third kappa shape index (κ3) is 3.85. The van der Waals surface area contributed by atoms with E-state index in [4.69, 9.17) is 4.74 Å². The van der Waals surface area contributed by atoms with Crippen LogP contribution in [-0.4, -0.2) is 0 Å². The lowest BCUT2D eigenvalue weighted by Gasteiger charge is -2.16. The van der Waals surface area contributed by atoms with Crippen molar-refractivity contribution in [2.75, 3.05) is 0 Å². The van der Waals surface area contributed by atoms with Crippen LogP contribution in [0, 0.1) is 0 Å². The molecule has 1 unspecified atom stereocenters. The Labute approximate surface area is 116 Å². The van der Waals surface area contributed by atoms with Gasteiger partial charge in [0.05, 0.1) is 0 Å². The van der Waals surface area contributed by atoms with Crippen LogP contribution >= 0.6 is 0 Å². The van der Waals surface area contributed by atoms with Crippen molar-refractivity contribution in [1.82, 2.24) is 0 Å². The lowest BCUT2D eigenvalue weighted by molar-refractivity contribution is 0.467. The summed E-state index contributed by atoms with van der Waals surface area (Å²) in [6.45, 7) is 4.52. The van der Waals surface area contributed by atoms with Crippen molar-refractivity contribution in [3.63, 3.8) is 0 Å². The Morgan fingerprint density at radius 3 is 2.37 bits per heavy atom. The Hall–Kier alpha value is -1.76. The van der Waals surface area contributed by atoms with E-state index in [-0.39, 0.29) is 0 Å². The molecule has 0 bridgehead atoms. The first-order valence-electron chi connectivity index (χ1n) is 7.13. The van der Waals surface area contributed by atoms with Crippen molar-refractivity contribution < 1.29 is 4.74 Å². The topological polar surface area (TPSA) is 9.23 Å². The maximum Gasteiger partial charge on any atom is 0.130 e. The highest BCUT2D eigenvalue weighted by Gasteiger charge is 2.11. The van der Waals surface area contributed by atoms with Crippen LogP contribution in [0.5, 0.6) is 11.5 Å². The van der Waals surface area contributed by atoms with E-state index in [1.165, 1.54) is 24.8 Å². The first-order valence-corrected chi connectivity index (χ1v) is 7.13. The summed E-state index contributed by atoms with van der Waals surface area (Å²) in [5.74, 6) is 2.43. The highest BCUT2D eigenvalue weighted by atomic mass is 16.5. The molecule has 2 aromatic rings. The van der Waals surface area contributed by atoms with Gasteiger partial charge in [-0.1, -0.05) is 63.1 Å². The molecule has 2 aromatic carbocycles. The molecule has 0 fully saturated rings. The molecule has 1 nitrogen and oxygen atoms in total. The summed E-state index contributed by atoms with van der Waals surface area (Å²) in [6.07, 6.45) is 3.72. The zero-order valence-corrected chi connectivity index (χ0v) is 11.8. The highest BCUT2D eigenvalue weighted by Crippen LogP contribution is 2.32. The fraction of sp³-hybridized carbons (Fsp3) is 0.333. The first-order chi connectivity index (χ1) is 9.31. The van der Waals surface area contributed by atoms with Crippen molar-refractivity contribution in [3.8, 4) is 11.5 Å². The van der Waals surface area contributed by atoms with Crippen LogP contribution in [0.25, 0.3) is 0 Å². The molecular formula is C18H22O. The van der Waals surface area contributed by atoms with Gasteiger partial charge < -0.3 is 4.74 Å². The summed E-state index contributed by atoms with van der Waals surface area (Å²) >= 11 is 0. The van der Waals surface area contributed by atoms with Crippen molar-refractivity contribution in [2.45, 2.75) is 39.0 Å². The molecule has 19 heavy (non-hydrogen) atoms. The van der Waals surface area contributed by atoms with E-state index in [9.17, 15) is 0 Å². The van der Waals surface area contributed by atoms with Gasteiger partial charge >= 0.3 is 0 Å². The lowest BCUT2D eigenvalue weighted by atomic mass is 9.95. The summed E-state index contributed by atoms with van der Waals surface area (Å²) in [6, 6.07) is 18.4. The number of hydrogen-bond donors (Lipinski definition) is 0. The second-order valence-corrected chi connectivity index (χ2v) is 5.00. The van der Waals surface area contributed by atoms with Crippen LogP contribution in [0.1, 0.15) is 44.6 Å². The number of para-hydroxylation sites is 2. The van der Waals surface area contributed by atoms with Gasteiger partial charge in [-0.25, -0.2) is 0 Å². The molecule has 0 aliphatic carbocycles. The Morgan fingerprint density at radius 2 is 1.63 bits per heavy atom. The SMILES string of the molecule is CCCCC(C)c1ccccc1Oc1ccccc1. The summed E-state index contributed by atoms with van der Waals surface area (Å²) in [5.41, 5.74) is 1.31. The average molecular weight is 254 g/mol. The fourth-order valence-corrected chi connectivity index (χ4v) is 2.26. The van der Waals surface area contributed by atoms with E-state index in [1.807, 2.05) is 36.4 Å². The Balaban J connectivity index is 2.16. The van der Waals surface area contributed by atoms with Gasteiger partial charge in [-0.3, -0.25) is 0 Å². The molecule has 0 spiro atoms. The molecule has 0 saturated carbocycles. The number of benzene rings is 2. The van der Waals surface area contributed by atoms with Crippen LogP contribution in [0.2, 0.25) is 0 Å². The normalized spacial score (nSPS) is 12.1. The maximum absolute atomic E-state index is 6.01. The van der Waals surface area contributed by atoms with Crippen LogP contribution in [-0.2, 0) is 0 Å². The van der Waals surface area contributed by atoms with E-state index in [1.54, 1.807) is 0 Å². The van der Waals surface area contributed by atoms with Gasteiger partial charge in [-0.2, -0.15) is 0 Å². The summed E-state index contributed by atoms with van der Waals surface area (Å²) in [7, 11) is 0. The quantitative estimate of drug-likeness (QED) is 0.635. The zero-order valence-electron chi connectivity index (χ0n) is 11.8. The monoisotopic (exact) mass is 254 g/mol. The maximum atomic E-state index is 6.01. The van der Waals surface area contributed by atoms with Gasteiger partial charge in [-0.15, -0.1) is 0 Å². The van der Waals surface area contributed by atoms with Crippen LogP contribution in [0.4, 0.5) is 0 Å². The fourth-order valence-electron chi connectivity index (χ4n) is 2.26. The van der Waals surface area contributed by atoms with E-state index >= 15 is 0 Å². The Morgan fingerprint density at radius 1 is 0.947 bits per heavy atom. The minimum absolute atomic E-state index is 0.542. The number of ether oxygens (including phenoxy) is 1. The highest BCUT2D eigenvalue weighted by molar-refractivity contribution is 5.39. The number of rotatable bonds is 6. The lowest BCUT2D eigenvalue weighted by Crippen LogP contribution is -1.97. The van der Waals surface area contributed by atoms with Gasteiger partial charge in [-0.05, 0) is 36.1 Å². The van der Waals surface area contributed by atoms with E-state index in [0.717, 1.165) is 11.5 Å². The van der Waals surface area contributed by atoms with Gasteiger partial charge in [0, 0.05) is 0 Å². The van der Waals surface area contributed by atoms with Crippen LogP contribution in [0.15, 0.2) is 54.6 Å². The molecular weight excluding hydrogens is 232 g/mol. The van der Waals surface area contributed by atoms with Gasteiger partial charge in [0.2, 0.25) is 0 Å². The van der Waals surface area contributed by atoms with Gasteiger partial charge in [0.1, 0.15) is 11.5 Å². The largest absolute Gasteiger partial charge is 0.457 e. The summed E-state index contributed by atoms with van der Waals surface area (Å²) < 4.78 is 6.01. The molecule has 0 heterocycles. The van der Waals surface area contributed by atoms with Crippen molar-refractivity contribution in [1.29, 1.82) is 0 Å². The Bertz CT molecular complexity index is 490. The second kappa shape index (κ2) is 6.98. The summed E-state index contributed by atoms with van der Waals surface area (Å²) in [4.78, 5) is 0. The Kier molecular flexibility index (Phi) is 5.02. The molecule has 0 aliphatic rings. The second-order valence-electron chi connectivity index (χ2n) is 5.00. The standard InChI is InChI=1S/C18H22O/c1-3-4-10-15(2)17-13-8-9-14-18(17)19-16-11-6-5-7-12-16/h5-9,11-15H,3-4,10H2,1-2H3. The molecule has 0 radical (unpaired) electrons. The number of unbranched alkanes of at least 4 members (excludes halogenated alkanes) is 1. The van der Waals surface area contributed by atoms with E-state index in [2.05, 4.69) is 32.0 Å². The third-order valence-electron chi connectivity index (χ3n) is 3.41. The van der Waals surface area contributed by atoms with Crippen molar-refractivity contribution in [3.05, 3.63) is 60.2 Å². The molecule has 0 aromatic heterocycles. The van der Waals surface area contributed by atoms with Crippen molar-refractivity contribution >= 4 is 0 Å². The number of hydrogen-bond acceptors (Lipinski definition) is 1. The minimum atomic E-state index is 0.542. The summed E-state index contributed by atoms with van der Waals surface area (Å²) in [5, 5.41) is 0. The van der Waals surface area contributed by atoms with Crippen molar-refractivity contribution in [2.24, 2.45) is 0 Å². The third-order valence-corrected chi connectivity index (χ3v) is 3.41. The molecule has 2 rings (SSSR count). The zero-order chi connectivity index (χ0) is 13.5.